The molecule has 0 unspecified atom stereocenters. The van der Waals surface area contributed by atoms with Gasteiger partial charge in [0.05, 0.1) is 23.1 Å². The van der Waals surface area contributed by atoms with Gasteiger partial charge < -0.3 is 9.47 Å². The van der Waals surface area contributed by atoms with E-state index >= 15 is 0 Å². The van der Waals surface area contributed by atoms with E-state index in [4.69, 9.17) is 9.47 Å². The Bertz CT molecular complexity index is 1610. The molecule has 1 aromatic heterocycles. The lowest BCUT2D eigenvalue weighted by molar-refractivity contribution is -0.384. The molecule has 4 aromatic rings. The Hall–Kier alpha value is -4.53. The maximum atomic E-state index is 13.3. The zero-order valence-corrected chi connectivity index (χ0v) is 24.3. The third kappa shape index (κ3) is 6.35. The van der Waals surface area contributed by atoms with Gasteiger partial charge in [-0.05, 0) is 81.0 Å². The number of benzene rings is 3. The van der Waals surface area contributed by atoms with Crippen LogP contribution in [0.5, 0.6) is 0 Å². The van der Waals surface area contributed by atoms with Gasteiger partial charge in [0, 0.05) is 24.1 Å². The molecular weight excluding hydrogens is 534 g/mol. The van der Waals surface area contributed by atoms with Crippen LogP contribution in [0.3, 0.4) is 0 Å². The van der Waals surface area contributed by atoms with E-state index in [2.05, 4.69) is 29.2 Å². The Balaban J connectivity index is 1.37. The van der Waals surface area contributed by atoms with Crippen LogP contribution < -0.4 is 0 Å². The average molecular weight is 570 g/mol. The van der Waals surface area contributed by atoms with Crippen LogP contribution in [0.25, 0.3) is 33.5 Å². The molecule has 1 heterocycles. The normalized spacial score (nSPS) is 17.1. The van der Waals surface area contributed by atoms with Gasteiger partial charge in [-0.15, -0.1) is 0 Å². The Kier molecular flexibility index (Phi) is 8.11. The highest BCUT2D eigenvalue weighted by atomic mass is 16.6. The van der Waals surface area contributed by atoms with Gasteiger partial charge in [-0.1, -0.05) is 48.5 Å². The lowest BCUT2D eigenvalue weighted by Crippen LogP contribution is -2.27. The summed E-state index contributed by atoms with van der Waals surface area (Å²) in [5, 5.41) is 11.4. The Morgan fingerprint density at radius 3 is 2.10 bits per heavy atom. The number of non-ortho nitro benzene ring substituents is 1. The minimum atomic E-state index is -0.760. The minimum absolute atomic E-state index is 0.125. The molecule has 0 atom stereocenters. The van der Waals surface area contributed by atoms with Crippen LogP contribution >= 0.6 is 0 Å². The second kappa shape index (κ2) is 11.8. The lowest BCUT2D eigenvalue weighted by Gasteiger charge is -2.28. The molecule has 1 aliphatic carbocycles. The van der Waals surface area contributed by atoms with Crippen LogP contribution in [0, 0.1) is 16.0 Å². The summed E-state index contributed by atoms with van der Waals surface area (Å²) in [5.41, 5.74) is 3.96. The molecule has 0 bridgehead atoms. The molecule has 0 radical (unpaired) electrons. The van der Waals surface area contributed by atoms with Crippen molar-refractivity contribution >= 4 is 28.8 Å². The van der Waals surface area contributed by atoms with Gasteiger partial charge in [-0.2, -0.15) is 0 Å². The van der Waals surface area contributed by atoms with Crippen LogP contribution in [0.2, 0.25) is 0 Å². The fraction of sp³-hybridized carbons (Fsp3) is 0.364. The molecule has 0 N–H and O–H groups in total. The van der Waals surface area contributed by atoms with Gasteiger partial charge in [0.2, 0.25) is 0 Å². The highest BCUT2D eigenvalue weighted by molar-refractivity contribution is 5.93. The predicted octanol–water partition coefficient (Wildman–Crippen LogP) is 7.90. The molecule has 1 fully saturated rings. The second-order valence-electron chi connectivity index (χ2n) is 11.9. The summed E-state index contributed by atoms with van der Waals surface area (Å²) in [5.74, 6) is 1.13. The van der Waals surface area contributed by atoms with Crippen molar-refractivity contribution in [2.45, 2.75) is 64.4 Å². The number of nitro groups is 1. The first kappa shape index (κ1) is 29.0. The number of esters is 1. The Labute approximate surface area is 244 Å². The smallest absolute Gasteiger partial charge is 0.420 e. The quantitative estimate of drug-likeness (QED) is 0.132. The van der Waals surface area contributed by atoms with Crippen molar-refractivity contribution in [2.75, 3.05) is 7.11 Å². The zero-order chi connectivity index (χ0) is 30.0. The van der Waals surface area contributed by atoms with Crippen molar-refractivity contribution < 1.29 is 24.0 Å². The van der Waals surface area contributed by atoms with Crippen LogP contribution in [0.1, 0.15) is 64.4 Å². The molecule has 1 saturated carbocycles. The molecule has 0 amide bonds. The maximum absolute atomic E-state index is 13.3. The van der Waals surface area contributed by atoms with Crippen molar-refractivity contribution in [3.8, 4) is 22.5 Å². The van der Waals surface area contributed by atoms with Crippen molar-refractivity contribution in [1.29, 1.82) is 0 Å². The summed E-state index contributed by atoms with van der Waals surface area (Å²) in [7, 11) is 1.44. The number of hydrogen-bond acceptors (Lipinski definition) is 7. The van der Waals surface area contributed by atoms with E-state index in [1.165, 1.54) is 29.4 Å². The number of methoxy groups -OCH3 is 1. The largest absolute Gasteiger partial charge is 0.469 e. The topological polar surface area (TPSA) is 114 Å². The number of fused-ring (bicyclic) bond motifs is 1. The van der Waals surface area contributed by atoms with Gasteiger partial charge >= 0.3 is 12.1 Å². The van der Waals surface area contributed by atoms with Gasteiger partial charge in [-0.3, -0.25) is 14.9 Å². The number of ether oxygens (including phenoxy) is 2. The van der Waals surface area contributed by atoms with E-state index < -0.39 is 16.6 Å². The van der Waals surface area contributed by atoms with E-state index in [9.17, 15) is 19.7 Å². The molecule has 9 heteroatoms. The molecular formula is C33H35N3O6. The maximum Gasteiger partial charge on any atom is 0.420 e. The monoisotopic (exact) mass is 569 g/mol. The van der Waals surface area contributed by atoms with Crippen LogP contribution in [0.15, 0.2) is 66.7 Å². The SMILES string of the molecule is COC(=O)CC1CCC(c2ccc(-c3ccc(-c4nc5ccc([N+](=O)[O-])cc5n4C(=O)OC(C)(C)C)cc3)cc2)CC1. The second-order valence-corrected chi connectivity index (χ2v) is 11.9. The predicted molar refractivity (Wildman–Crippen MR) is 160 cm³/mol. The number of rotatable bonds is 6. The summed E-state index contributed by atoms with van der Waals surface area (Å²) in [4.78, 5) is 40.4. The fourth-order valence-corrected chi connectivity index (χ4v) is 5.64. The van der Waals surface area contributed by atoms with E-state index in [0.29, 0.717) is 40.7 Å². The van der Waals surface area contributed by atoms with E-state index in [0.717, 1.165) is 36.8 Å². The summed E-state index contributed by atoms with van der Waals surface area (Å²) >= 11 is 0. The first-order chi connectivity index (χ1) is 20.0. The molecule has 0 spiro atoms. The first-order valence-corrected chi connectivity index (χ1v) is 14.2. The number of carbonyl (C=O) groups excluding carboxylic acids is 2. The molecule has 3 aromatic carbocycles. The van der Waals surface area contributed by atoms with E-state index in [1.807, 2.05) is 24.3 Å². The summed E-state index contributed by atoms with van der Waals surface area (Å²) in [6.45, 7) is 5.30. The summed E-state index contributed by atoms with van der Waals surface area (Å²) in [6, 6.07) is 20.6. The molecule has 218 valence electrons. The molecule has 0 aliphatic heterocycles. The molecule has 0 saturated heterocycles. The van der Waals surface area contributed by atoms with Crippen molar-refractivity contribution in [3.63, 3.8) is 0 Å². The molecule has 5 rings (SSSR count). The van der Waals surface area contributed by atoms with Gasteiger partial charge in [0.15, 0.2) is 5.82 Å². The highest BCUT2D eigenvalue weighted by Crippen LogP contribution is 2.38. The molecule has 42 heavy (non-hydrogen) atoms. The Morgan fingerprint density at radius 2 is 1.52 bits per heavy atom. The Morgan fingerprint density at radius 1 is 0.929 bits per heavy atom. The van der Waals surface area contributed by atoms with Gasteiger partial charge in [0.1, 0.15) is 5.60 Å². The van der Waals surface area contributed by atoms with Crippen molar-refractivity contribution in [2.24, 2.45) is 5.92 Å². The third-order valence-corrected chi connectivity index (χ3v) is 7.81. The van der Waals surface area contributed by atoms with Gasteiger partial charge in [0.25, 0.3) is 5.69 Å². The number of nitrogens with zero attached hydrogens (tertiary/aromatic N) is 3. The van der Waals surface area contributed by atoms with Gasteiger partial charge in [-0.25, -0.2) is 14.3 Å². The van der Waals surface area contributed by atoms with E-state index in [1.54, 1.807) is 26.8 Å². The molecule has 9 nitrogen and oxygen atoms in total. The first-order valence-electron chi connectivity index (χ1n) is 14.2. The van der Waals surface area contributed by atoms with Crippen LogP contribution in [0.4, 0.5) is 10.5 Å². The van der Waals surface area contributed by atoms with Crippen LogP contribution in [-0.4, -0.2) is 39.2 Å². The highest BCUT2D eigenvalue weighted by Gasteiger charge is 2.26. The van der Waals surface area contributed by atoms with Crippen molar-refractivity contribution in [3.05, 3.63) is 82.4 Å². The zero-order valence-electron chi connectivity index (χ0n) is 24.3. The van der Waals surface area contributed by atoms with E-state index in [-0.39, 0.29) is 11.7 Å². The number of aromatic nitrogens is 2. The lowest BCUT2D eigenvalue weighted by atomic mass is 9.77. The van der Waals surface area contributed by atoms with Crippen molar-refractivity contribution in [1.82, 2.24) is 9.55 Å². The number of imidazole rings is 1. The minimum Gasteiger partial charge on any atom is -0.469 e. The average Bonchev–Trinajstić information content (AvgIpc) is 3.36. The number of hydrogen-bond donors (Lipinski definition) is 0. The molecule has 1 aliphatic rings. The standard InChI is InChI=1S/C33H35N3O6/c1-33(2,3)42-32(38)35-29-20-27(36(39)40)17-18-28(29)34-31(35)26-15-13-25(14-16-26)24-11-9-23(10-12-24)22-7-5-21(6-8-22)19-30(37)41-4/h9-18,20-22H,5-8,19H2,1-4H3. The summed E-state index contributed by atoms with van der Waals surface area (Å²) in [6.07, 6.45) is 4.05. The number of nitro benzene ring substituents is 1. The van der Waals surface area contributed by atoms with Crippen LogP contribution in [-0.2, 0) is 14.3 Å². The summed E-state index contributed by atoms with van der Waals surface area (Å²) < 4.78 is 11.8. The third-order valence-electron chi connectivity index (χ3n) is 7.81. The number of carbonyl (C=O) groups is 2. The fourth-order valence-electron chi connectivity index (χ4n) is 5.64.